The van der Waals surface area contributed by atoms with Gasteiger partial charge in [0.05, 0.1) is 4.90 Å². The minimum Gasteiger partial charge on any atom is -0.355 e. The number of amides is 1. The highest BCUT2D eigenvalue weighted by Crippen LogP contribution is 2.22. The third kappa shape index (κ3) is 4.34. The Kier molecular flexibility index (Phi) is 5.17. The van der Waals surface area contributed by atoms with Gasteiger partial charge in [-0.1, -0.05) is 37.5 Å². The minimum absolute atomic E-state index is 0.202. The van der Waals surface area contributed by atoms with Gasteiger partial charge in [-0.3, -0.25) is 4.79 Å². The summed E-state index contributed by atoms with van der Waals surface area (Å²) >= 11 is 0. The molecular weight excluding hydrogens is 274 g/mol. The van der Waals surface area contributed by atoms with Crippen LogP contribution >= 0.6 is 0 Å². The third-order valence-corrected chi connectivity index (χ3v) is 5.37. The van der Waals surface area contributed by atoms with E-state index in [1.54, 1.807) is 18.2 Å². The van der Waals surface area contributed by atoms with E-state index in [0.717, 1.165) is 12.8 Å². The highest BCUT2D eigenvalue weighted by molar-refractivity contribution is 7.92. The second-order valence-electron chi connectivity index (χ2n) is 5.38. The summed E-state index contributed by atoms with van der Waals surface area (Å²) in [4.78, 5) is 12.0. The Hall–Kier alpha value is -1.36. The van der Waals surface area contributed by atoms with Crippen molar-refractivity contribution < 1.29 is 13.2 Å². The molecule has 2 rings (SSSR count). The smallest absolute Gasteiger partial charge is 0.235 e. The summed E-state index contributed by atoms with van der Waals surface area (Å²) in [7, 11) is -3.52. The van der Waals surface area contributed by atoms with Gasteiger partial charge in [0.1, 0.15) is 5.75 Å². The van der Waals surface area contributed by atoms with Gasteiger partial charge in [0.25, 0.3) is 0 Å². The molecule has 0 heterocycles. The van der Waals surface area contributed by atoms with Gasteiger partial charge in [-0.2, -0.15) is 0 Å². The van der Waals surface area contributed by atoms with Gasteiger partial charge in [-0.15, -0.1) is 0 Å². The molecule has 0 unspecified atom stereocenters. The fourth-order valence-corrected chi connectivity index (χ4v) is 3.77. The second-order valence-corrected chi connectivity index (χ2v) is 7.37. The molecule has 1 aromatic carbocycles. The topological polar surface area (TPSA) is 63.2 Å². The number of hydrogen-bond acceptors (Lipinski definition) is 3. The maximum Gasteiger partial charge on any atom is 0.235 e. The maximum absolute atomic E-state index is 12.0. The molecule has 0 aromatic heterocycles. The third-order valence-electron chi connectivity index (χ3n) is 3.74. The summed E-state index contributed by atoms with van der Waals surface area (Å²) in [6.45, 7) is 0.600. The Labute approximate surface area is 120 Å². The summed E-state index contributed by atoms with van der Waals surface area (Å²) in [5, 5.41) is 2.76. The molecule has 1 aliphatic rings. The van der Waals surface area contributed by atoms with Crippen molar-refractivity contribution in [3.05, 3.63) is 30.3 Å². The van der Waals surface area contributed by atoms with Crippen molar-refractivity contribution in [1.82, 2.24) is 5.32 Å². The summed E-state index contributed by atoms with van der Waals surface area (Å²) in [6, 6.07) is 8.11. The van der Waals surface area contributed by atoms with E-state index in [4.69, 9.17) is 0 Å². The zero-order chi connectivity index (χ0) is 14.4. The molecular formula is C15H21NO3S. The molecule has 1 saturated carbocycles. The first-order valence-electron chi connectivity index (χ1n) is 7.12. The summed E-state index contributed by atoms with van der Waals surface area (Å²) < 4.78 is 24.1. The number of carbonyl (C=O) groups is 1. The molecule has 0 bridgehead atoms. The first kappa shape index (κ1) is 15.0. The minimum atomic E-state index is -3.52. The number of nitrogens with one attached hydrogen (secondary N) is 1. The first-order valence-corrected chi connectivity index (χ1v) is 8.78. The lowest BCUT2D eigenvalue weighted by atomic mass is 9.89. The Morgan fingerprint density at radius 2 is 1.75 bits per heavy atom. The highest BCUT2D eigenvalue weighted by Gasteiger charge is 2.20. The predicted molar refractivity (Wildman–Crippen MR) is 78.1 cm³/mol. The highest BCUT2D eigenvalue weighted by atomic mass is 32.2. The van der Waals surface area contributed by atoms with E-state index >= 15 is 0 Å². The van der Waals surface area contributed by atoms with E-state index < -0.39 is 21.5 Å². The SMILES string of the molecule is O=C(CS(=O)(=O)c1ccccc1)NCC1CCCCC1. The van der Waals surface area contributed by atoms with Crippen LogP contribution in [0.25, 0.3) is 0 Å². The van der Waals surface area contributed by atoms with Crippen LogP contribution in [0.2, 0.25) is 0 Å². The fraction of sp³-hybridized carbons (Fsp3) is 0.533. The summed E-state index contributed by atoms with van der Waals surface area (Å²) in [5.74, 6) is -0.365. The number of benzene rings is 1. The summed E-state index contributed by atoms with van der Waals surface area (Å²) in [5.41, 5.74) is 0. The van der Waals surface area contributed by atoms with Crippen molar-refractivity contribution in [2.45, 2.75) is 37.0 Å². The van der Waals surface area contributed by atoms with Crippen LogP contribution in [0, 0.1) is 5.92 Å². The Bertz CT molecular complexity index is 533. The molecule has 0 atom stereocenters. The Morgan fingerprint density at radius 3 is 2.40 bits per heavy atom. The molecule has 5 heteroatoms. The molecule has 1 aliphatic carbocycles. The largest absolute Gasteiger partial charge is 0.355 e. The van der Waals surface area contributed by atoms with E-state index in [0.29, 0.717) is 12.5 Å². The molecule has 0 aliphatic heterocycles. The van der Waals surface area contributed by atoms with Crippen molar-refractivity contribution >= 4 is 15.7 Å². The fourth-order valence-electron chi connectivity index (χ4n) is 2.58. The molecule has 1 amide bonds. The monoisotopic (exact) mass is 295 g/mol. The van der Waals surface area contributed by atoms with Crippen LogP contribution in [0.15, 0.2) is 35.2 Å². The van der Waals surface area contributed by atoms with Gasteiger partial charge in [0, 0.05) is 6.54 Å². The van der Waals surface area contributed by atoms with Gasteiger partial charge in [-0.25, -0.2) is 8.42 Å². The van der Waals surface area contributed by atoms with Gasteiger partial charge < -0.3 is 5.32 Å². The molecule has 0 saturated heterocycles. The van der Waals surface area contributed by atoms with Crippen LogP contribution in [-0.2, 0) is 14.6 Å². The standard InChI is InChI=1S/C15H21NO3S/c17-15(16-11-13-7-3-1-4-8-13)12-20(18,19)14-9-5-2-6-10-14/h2,5-6,9-10,13H,1,3-4,7-8,11-12H2,(H,16,17). The lowest BCUT2D eigenvalue weighted by Gasteiger charge is -2.21. The zero-order valence-corrected chi connectivity index (χ0v) is 12.4. The molecule has 1 N–H and O–H groups in total. The van der Waals surface area contributed by atoms with Gasteiger partial charge in [0.15, 0.2) is 9.84 Å². The molecule has 0 radical (unpaired) electrons. The second kappa shape index (κ2) is 6.88. The first-order chi connectivity index (χ1) is 9.58. The Morgan fingerprint density at radius 1 is 1.10 bits per heavy atom. The van der Waals surface area contributed by atoms with Crippen LogP contribution in [0.5, 0.6) is 0 Å². The van der Waals surface area contributed by atoms with Crippen LogP contribution in [0.3, 0.4) is 0 Å². The van der Waals surface area contributed by atoms with Gasteiger partial charge >= 0.3 is 0 Å². The van der Waals surface area contributed by atoms with E-state index in [1.165, 1.54) is 31.4 Å². The van der Waals surface area contributed by atoms with Crippen LogP contribution in [-0.4, -0.2) is 26.6 Å². The van der Waals surface area contributed by atoms with Crippen LogP contribution < -0.4 is 5.32 Å². The van der Waals surface area contributed by atoms with Gasteiger partial charge in [-0.05, 0) is 30.9 Å². The quantitative estimate of drug-likeness (QED) is 0.905. The number of sulfone groups is 1. The molecule has 4 nitrogen and oxygen atoms in total. The summed E-state index contributed by atoms with van der Waals surface area (Å²) in [6.07, 6.45) is 5.95. The Balaban J connectivity index is 1.84. The molecule has 1 fully saturated rings. The normalized spacial score (nSPS) is 16.8. The average molecular weight is 295 g/mol. The lowest BCUT2D eigenvalue weighted by Crippen LogP contribution is -2.34. The maximum atomic E-state index is 12.0. The van der Waals surface area contributed by atoms with E-state index in [-0.39, 0.29) is 4.90 Å². The average Bonchev–Trinajstić information content (AvgIpc) is 2.47. The van der Waals surface area contributed by atoms with E-state index in [9.17, 15) is 13.2 Å². The van der Waals surface area contributed by atoms with Gasteiger partial charge in [0.2, 0.25) is 5.91 Å². The molecule has 20 heavy (non-hydrogen) atoms. The molecule has 1 aromatic rings. The van der Waals surface area contributed by atoms with Crippen molar-refractivity contribution in [2.24, 2.45) is 5.92 Å². The van der Waals surface area contributed by atoms with Crippen LogP contribution in [0.1, 0.15) is 32.1 Å². The number of hydrogen-bond donors (Lipinski definition) is 1. The van der Waals surface area contributed by atoms with E-state index in [2.05, 4.69) is 5.32 Å². The van der Waals surface area contributed by atoms with Crippen LogP contribution in [0.4, 0.5) is 0 Å². The number of rotatable bonds is 5. The lowest BCUT2D eigenvalue weighted by molar-refractivity contribution is -0.118. The van der Waals surface area contributed by atoms with Crippen molar-refractivity contribution in [3.63, 3.8) is 0 Å². The van der Waals surface area contributed by atoms with Crippen molar-refractivity contribution in [3.8, 4) is 0 Å². The number of carbonyl (C=O) groups excluding carboxylic acids is 1. The zero-order valence-electron chi connectivity index (χ0n) is 11.5. The molecule has 0 spiro atoms. The predicted octanol–water partition coefficient (Wildman–Crippen LogP) is 2.16. The van der Waals surface area contributed by atoms with Crippen molar-refractivity contribution in [2.75, 3.05) is 12.3 Å². The molecule has 110 valence electrons. The van der Waals surface area contributed by atoms with Crippen molar-refractivity contribution in [1.29, 1.82) is 0 Å². The van der Waals surface area contributed by atoms with E-state index in [1.807, 2.05) is 0 Å².